The highest BCUT2D eigenvalue weighted by atomic mass is 35.5. The highest BCUT2D eigenvalue weighted by Crippen LogP contribution is 2.37. The van der Waals surface area contributed by atoms with Gasteiger partial charge in [-0.2, -0.15) is 5.10 Å². The Hall–Kier alpha value is -2.79. The van der Waals surface area contributed by atoms with Crippen molar-refractivity contribution in [3.8, 4) is 17.3 Å². The van der Waals surface area contributed by atoms with Crippen molar-refractivity contribution in [2.45, 2.75) is 58.0 Å². The van der Waals surface area contributed by atoms with E-state index >= 15 is 0 Å². The van der Waals surface area contributed by atoms with Gasteiger partial charge in [0.25, 0.3) is 0 Å². The number of hydrogen-bond acceptors (Lipinski definition) is 3. The average Bonchev–Trinajstić information content (AvgIpc) is 3.40. The number of aryl methyl sites for hydroxylation is 1. The molecule has 2 saturated carbocycles. The van der Waals surface area contributed by atoms with Crippen molar-refractivity contribution < 1.29 is 9.53 Å². The SMILES string of the molecule is Cc1nn(-c2ccccc2)c(Oc2ccc(Cl)cc2)c1CN(C(=O)C1CCCC1)C1CC1. The third kappa shape index (κ3) is 4.40. The Labute approximate surface area is 193 Å². The number of amides is 1. The molecule has 2 fully saturated rings. The van der Waals surface area contributed by atoms with Crippen molar-refractivity contribution >= 4 is 17.5 Å². The minimum atomic E-state index is 0.167. The first kappa shape index (κ1) is 21.1. The predicted molar refractivity (Wildman–Crippen MR) is 125 cm³/mol. The number of nitrogens with zero attached hydrogens (tertiary/aromatic N) is 3. The summed E-state index contributed by atoms with van der Waals surface area (Å²) in [6, 6.07) is 17.6. The highest BCUT2D eigenvalue weighted by molar-refractivity contribution is 6.30. The summed E-state index contributed by atoms with van der Waals surface area (Å²) >= 11 is 6.07. The van der Waals surface area contributed by atoms with E-state index in [0.29, 0.717) is 35.1 Å². The summed E-state index contributed by atoms with van der Waals surface area (Å²) in [7, 11) is 0. The van der Waals surface area contributed by atoms with Crippen LogP contribution in [0.25, 0.3) is 5.69 Å². The minimum absolute atomic E-state index is 0.167. The fraction of sp³-hybridized carbons (Fsp3) is 0.385. The molecule has 1 amide bonds. The number of benzene rings is 2. The van der Waals surface area contributed by atoms with Crippen molar-refractivity contribution in [2.75, 3.05) is 0 Å². The number of hydrogen-bond donors (Lipinski definition) is 0. The van der Waals surface area contributed by atoms with Crippen LogP contribution in [-0.2, 0) is 11.3 Å². The van der Waals surface area contributed by atoms with E-state index in [1.165, 1.54) is 0 Å². The van der Waals surface area contributed by atoms with E-state index in [2.05, 4.69) is 4.90 Å². The smallest absolute Gasteiger partial charge is 0.227 e. The number of ether oxygens (including phenoxy) is 1. The van der Waals surface area contributed by atoms with Crippen LogP contribution < -0.4 is 4.74 Å². The van der Waals surface area contributed by atoms with Crippen LogP contribution in [0.15, 0.2) is 54.6 Å². The lowest BCUT2D eigenvalue weighted by atomic mass is 10.1. The summed E-state index contributed by atoms with van der Waals surface area (Å²) in [6.45, 7) is 2.52. The number of halogens is 1. The number of para-hydroxylation sites is 1. The first-order valence-electron chi connectivity index (χ1n) is 11.5. The van der Waals surface area contributed by atoms with Gasteiger partial charge in [0.15, 0.2) is 0 Å². The predicted octanol–water partition coefficient (Wildman–Crippen LogP) is 6.31. The van der Waals surface area contributed by atoms with Crippen molar-refractivity contribution in [3.63, 3.8) is 0 Å². The molecule has 2 aliphatic carbocycles. The molecule has 1 heterocycles. The lowest BCUT2D eigenvalue weighted by Crippen LogP contribution is -2.36. The van der Waals surface area contributed by atoms with E-state index in [4.69, 9.17) is 21.4 Å². The van der Waals surface area contributed by atoms with Crippen molar-refractivity contribution in [1.29, 1.82) is 0 Å². The van der Waals surface area contributed by atoms with Crippen molar-refractivity contribution in [1.82, 2.24) is 14.7 Å². The third-order valence-corrected chi connectivity index (χ3v) is 6.72. The molecule has 32 heavy (non-hydrogen) atoms. The summed E-state index contributed by atoms with van der Waals surface area (Å²) in [5, 5.41) is 5.47. The van der Waals surface area contributed by atoms with Gasteiger partial charge in [0, 0.05) is 17.0 Å². The lowest BCUT2D eigenvalue weighted by molar-refractivity contribution is -0.136. The standard InChI is InChI=1S/C26H28ClN3O2/c1-18-24(17-29(21-13-14-21)25(31)19-7-5-6-8-19)26(32-23-15-11-20(27)12-16-23)30(28-18)22-9-3-2-4-10-22/h2-4,9-12,15-16,19,21H,5-8,13-14,17H2,1H3. The maximum atomic E-state index is 13.4. The Balaban J connectivity index is 1.52. The lowest BCUT2D eigenvalue weighted by Gasteiger charge is -2.26. The summed E-state index contributed by atoms with van der Waals surface area (Å²) in [5.41, 5.74) is 2.76. The zero-order chi connectivity index (χ0) is 22.1. The quantitative estimate of drug-likeness (QED) is 0.424. The van der Waals surface area contributed by atoms with Crippen LogP contribution in [0.5, 0.6) is 11.6 Å². The number of aromatic nitrogens is 2. The van der Waals surface area contributed by atoms with Gasteiger partial charge >= 0.3 is 0 Å². The zero-order valence-electron chi connectivity index (χ0n) is 18.3. The maximum Gasteiger partial charge on any atom is 0.227 e. The van der Waals surface area contributed by atoms with Gasteiger partial charge in [-0.1, -0.05) is 42.6 Å². The molecule has 0 radical (unpaired) electrons. The van der Waals surface area contributed by atoms with Gasteiger partial charge in [-0.3, -0.25) is 4.79 Å². The van der Waals surface area contributed by atoms with Gasteiger partial charge in [0.05, 0.1) is 23.5 Å². The molecule has 1 aromatic heterocycles. The Morgan fingerprint density at radius 2 is 1.75 bits per heavy atom. The Morgan fingerprint density at radius 1 is 1.06 bits per heavy atom. The maximum absolute atomic E-state index is 13.4. The molecule has 5 rings (SSSR count). The summed E-state index contributed by atoms with van der Waals surface area (Å²) in [5.74, 6) is 1.81. The second kappa shape index (κ2) is 8.99. The van der Waals surface area contributed by atoms with Gasteiger partial charge in [0.2, 0.25) is 11.8 Å². The van der Waals surface area contributed by atoms with E-state index in [-0.39, 0.29) is 5.92 Å². The first-order valence-corrected chi connectivity index (χ1v) is 11.9. The molecule has 2 aliphatic rings. The molecule has 0 bridgehead atoms. The Bertz CT molecular complexity index is 1080. The van der Waals surface area contributed by atoms with E-state index in [1.54, 1.807) is 0 Å². The van der Waals surface area contributed by atoms with Gasteiger partial charge in [-0.05, 0) is 69.0 Å². The summed E-state index contributed by atoms with van der Waals surface area (Å²) in [4.78, 5) is 15.5. The fourth-order valence-electron chi connectivity index (χ4n) is 4.53. The zero-order valence-corrected chi connectivity index (χ0v) is 19.1. The topological polar surface area (TPSA) is 47.4 Å². The van der Waals surface area contributed by atoms with E-state index in [1.807, 2.05) is 66.2 Å². The molecule has 0 spiro atoms. The second-order valence-corrected chi connectivity index (χ2v) is 9.29. The van der Waals surface area contributed by atoms with Gasteiger partial charge in [-0.15, -0.1) is 0 Å². The Morgan fingerprint density at radius 3 is 2.41 bits per heavy atom. The molecular weight excluding hydrogens is 422 g/mol. The van der Waals surface area contributed by atoms with Crippen molar-refractivity contribution in [3.05, 3.63) is 70.9 Å². The molecule has 0 N–H and O–H groups in total. The first-order chi connectivity index (χ1) is 15.6. The fourth-order valence-corrected chi connectivity index (χ4v) is 4.66. The molecule has 0 aliphatic heterocycles. The molecular formula is C26H28ClN3O2. The summed E-state index contributed by atoms with van der Waals surface area (Å²) in [6.07, 6.45) is 6.50. The van der Waals surface area contributed by atoms with Crippen molar-refractivity contribution in [2.24, 2.45) is 5.92 Å². The number of carbonyl (C=O) groups is 1. The molecule has 0 saturated heterocycles. The number of rotatable bonds is 7. The van der Waals surface area contributed by atoms with E-state index < -0.39 is 0 Å². The van der Waals surface area contributed by atoms with Crippen LogP contribution in [0.1, 0.15) is 49.8 Å². The van der Waals surface area contributed by atoms with E-state index in [0.717, 1.165) is 55.5 Å². The van der Waals surface area contributed by atoms with Gasteiger partial charge in [-0.25, -0.2) is 4.68 Å². The molecule has 166 valence electrons. The molecule has 6 heteroatoms. The summed E-state index contributed by atoms with van der Waals surface area (Å²) < 4.78 is 8.22. The minimum Gasteiger partial charge on any atom is -0.439 e. The molecule has 0 atom stereocenters. The monoisotopic (exact) mass is 449 g/mol. The molecule has 2 aromatic carbocycles. The van der Waals surface area contributed by atoms with Crippen LogP contribution in [0.4, 0.5) is 0 Å². The normalized spacial score (nSPS) is 16.3. The largest absolute Gasteiger partial charge is 0.439 e. The molecule has 3 aromatic rings. The molecule has 0 unspecified atom stereocenters. The van der Waals surface area contributed by atoms with E-state index in [9.17, 15) is 4.79 Å². The van der Waals surface area contributed by atoms with Crippen LogP contribution in [0.2, 0.25) is 5.02 Å². The molecule has 5 nitrogen and oxygen atoms in total. The number of carbonyl (C=O) groups excluding carboxylic acids is 1. The van der Waals surface area contributed by atoms with Gasteiger partial charge < -0.3 is 9.64 Å². The second-order valence-electron chi connectivity index (χ2n) is 8.85. The third-order valence-electron chi connectivity index (χ3n) is 6.47. The van der Waals surface area contributed by atoms with Crippen LogP contribution in [0.3, 0.4) is 0 Å². The van der Waals surface area contributed by atoms with Gasteiger partial charge in [0.1, 0.15) is 5.75 Å². The Kier molecular flexibility index (Phi) is 5.92. The van der Waals surface area contributed by atoms with Crippen LogP contribution in [-0.4, -0.2) is 26.6 Å². The van der Waals surface area contributed by atoms with Crippen LogP contribution >= 0.6 is 11.6 Å². The highest BCUT2D eigenvalue weighted by Gasteiger charge is 2.38. The average molecular weight is 450 g/mol. The van der Waals surface area contributed by atoms with Crippen LogP contribution in [0, 0.1) is 12.8 Å².